The minimum absolute atomic E-state index is 0.245. The first-order valence-corrected chi connectivity index (χ1v) is 6.55. The third kappa shape index (κ3) is 0.976. The van der Waals surface area contributed by atoms with Crippen molar-refractivity contribution in [2.24, 2.45) is 28.6 Å². The van der Waals surface area contributed by atoms with Crippen molar-refractivity contribution in [3.63, 3.8) is 0 Å². The van der Waals surface area contributed by atoms with Crippen LogP contribution in [0.5, 0.6) is 0 Å². The van der Waals surface area contributed by atoms with Gasteiger partial charge in [-0.05, 0) is 62.2 Å². The lowest BCUT2D eigenvalue weighted by Gasteiger charge is -2.38. The SMILES string of the molecule is CC(=N)C1(C)CC(C)[C@@]23CC[C@@H](CC12)C3. The average Bonchev–Trinajstić information content (AvgIpc) is 2.79. The second kappa shape index (κ2) is 2.67. The molecule has 0 aromatic carbocycles. The number of hydrogen-bond donors (Lipinski definition) is 1. The molecule has 3 unspecified atom stereocenters. The Balaban J connectivity index is 2.03. The number of rotatable bonds is 1. The van der Waals surface area contributed by atoms with Crippen LogP contribution >= 0.6 is 0 Å². The molecule has 1 spiro atoms. The van der Waals surface area contributed by atoms with Gasteiger partial charge < -0.3 is 5.41 Å². The highest BCUT2D eigenvalue weighted by molar-refractivity contribution is 5.85. The van der Waals surface area contributed by atoms with Gasteiger partial charge in [0.15, 0.2) is 0 Å². The van der Waals surface area contributed by atoms with Crippen molar-refractivity contribution in [2.45, 2.75) is 52.9 Å². The molecule has 0 aliphatic heterocycles. The Morgan fingerprint density at radius 2 is 2.07 bits per heavy atom. The van der Waals surface area contributed by atoms with E-state index in [-0.39, 0.29) is 5.41 Å². The van der Waals surface area contributed by atoms with E-state index in [9.17, 15) is 0 Å². The molecule has 1 nitrogen and oxygen atoms in total. The van der Waals surface area contributed by atoms with Gasteiger partial charge >= 0.3 is 0 Å². The summed E-state index contributed by atoms with van der Waals surface area (Å²) in [5, 5.41) is 8.11. The molecule has 15 heavy (non-hydrogen) atoms. The van der Waals surface area contributed by atoms with Gasteiger partial charge in [0.25, 0.3) is 0 Å². The van der Waals surface area contributed by atoms with Crippen LogP contribution in [0.25, 0.3) is 0 Å². The smallest absolute Gasteiger partial charge is 0.0120 e. The maximum Gasteiger partial charge on any atom is 0.0120 e. The zero-order valence-corrected chi connectivity index (χ0v) is 10.3. The number of nitrogens with one attached hydrogen (secondary N) is 1. The van der Waals surface area contributed by atoms with Crippen LogP contribution in [0.4, 0.5) is 0 Å². The Kier molecular flexibility index (Phi) is 1.76. The van der Waals surface area contributed by atoms with E-state index in [4.69, 9.17) is 5.41 Å². The minimum Gasteiger partial charge on any atom is -0.309 e. The van der Waals surface area contributed by atoms with Crippen molar-refractivity contribution in [1.82, 2.24) is 0 Å². The van der Waals surface area contributed by atoms with Crippen molar-refractivity contribution in [3.05, 3.63) is 0 Å². The molecule has 0 amide bonds. The quantitative estimate of drug-likeness (QED) is 0.628. The Hall–Kier alpha value is -0.330. The molecular weight excluding hydrogens is 182 g/mol. The molecule has 0 aromatic rings. The van der Waals surface area contributed by atoms with Crippen molar-refractivity contribution in [2.75, 3.05) is 0 Å². The van der Waals surface area contributed by atoms with E-state index in [1.165, 1.54) is 32.1 Å². The molecule has 1 N–H and O–H groups in total. The summed E-state index contributed by atoms with van der Waals surface area (Å²) >= 11 is 0. The van der Waals surface area contributed by atoms with E-state index in [0.717, 1.165) is 23.5 Å². The standard InChI is InChI=1S/C14H23N/c1-9-7-13(3,10(2)15)12-6-11-4-5-14(9,12)8-11/h9,11-12,15H,4-8H2,1-3H3/t9?,11-,12?,13?,14-/m0/s1. The Labute approximate surface area is 93.2 Å². The molecule has 1 heteroatoms. The number of hydrogen-bond acceptors (Lipinski definition) is 1. The summed E-state index contributed by atoms with van der Waals surface area (Å²) in [6.07, 6.45) is 7.14. The predicted octanol–water partition coefficient (Wildman–Crippen LogP) is 3.88. The first kappa shape index (κ1) is 9.86. The van der Waals surface area contributed by atoms with Crippen LogP contribution in [-0.2, 0) is 0 Å². The Morgan fingerprint density at radius 1 is 1.33 bits per heavy atom. The largest absolute Gasteiger partial charge is 0.309 e. The molecule has 3 rings (SSSR count). The van der Waals surface area contributed by atoms with E-state index in [2.05, 4.69) is 13.8 Å². The van der Waals surface area contributed by atoms with E-state index in [1.807, 2.05) is 6.92 Å². The van der Waals surface area contributed by atoms with Gasteiger partial charge in [0.05, 0.1) is 0 Å². The lowest BCUT2D eigenvalue weighted by molar-refractivity contribution is 0.142. The fourth-order valence-corrected chi connectivity index (χ4v) is 5.38. The maximum absolute atomic E-state index is 8.11. The molecule has 3 aliphatic carbocycles. The Morgan fingerprint density at radius 3 is 2.67 bits per heavy atom. The van der Waals surface area contributed by atoms with Gasteiger partial charge in [-0.3, -0.25) is 0 Å². The van der Waals surface area contributed by atoms with Crippen molar-refractivity contribution in [1.29, 1.82) is 5.41 Å². The lowest BCUT2D eigenvalue weighted by Crippen LogP contribution is -2.35. The predicted molar refractivity (Wildman–Crippen MR) is 63.2 cm³/mol. The fraction of sp³-hybridized carbons (Fsp3) is 0.929. The minimum atomic E-state index is 0.245. The van der Waals surface area contributed by atoms with Gasteiger partial charge in [0.2, 0.25) is 0 Å². The first-order valence-electron chi connectivity index (χ1n) is 6.55. The molecule has 0 radical (unpaired) electrons. The van der Waals surface area contributed by atoms with Crippen LogP contribution in [0, 0.1) is 34.0 Å². The van der Waals surface area contributed by atoms with E-state index < -0.39 is 0 Å². The molecule has 0 saturated heterocycles. The van der Waals surface area contributed by atoms with Crippen molar-refractivity contribution in [3.8, 4) is 0 Å². The highest BCUT2D eigenvalue weighted by Gasteiger charge is 2.65. The highest BCUT2D eigenvalue weighted by atomic mass is 14.7. The molecule has 84 valence electrons. The van der Waals surface area contributed by atoms with Crippen LogP contribution in [0.3, 0.4) is 0 Å². The molecule has 3 fully saturated rings. The molecule has 0 aromatic heterocycles. The van der Waals surface area contributed by atoms with Crippen LogP contribution in [-0.4, -0.2) is 5.71 Å². The summed E-state index contributed by atoms with van der Waals surface area (Å²) < 4.78 is 0. The molecule has 0 heterocycles. The summed E-state index contributed by atoms with van der Waals surface area (Å²) in [6.45, 7) is 6.86. The third-order valence-electron chi connectivity index (χ3n) is 6.29. The molecule has 5 atom stereocenters. The van der Waals surface area contributed by atoms with Crippen molar-refractivity contribution < 1.29 is 0 Å². The zero-order chi connectivity index (χ0) is 10.8. The normalized spacial score (nSPS) is 57.1. The molecule has 2 bridgehead atoms. The maximum atomic E-state index is 8.11. The molecule has 3 saturated carbocycles. The third-order valence-corrected chi connectivity index (χ3v) is 6.29. The summed E-state index contributed by atoms with van der Waals surface area (Å²) in [4.78, 5) is 0. The first-order chi connectivity index (χ1) is 6.99. The highest BCUT2D eigenvalue weighted by Crippen LogP contribution is 2.72. The molecular formula is C14H23N. The van der Waals surface area contributed by atoms with E-state index >= 15 is 0 Å². The van der Waals surface area contributed by atoms with Crippen LogP contribution < -0.4 is 0 Å². The van der Waals surface area contributed by atoms with E-state index in [0.29, 0.717) is 5.41 Å². The van der Waals surface area contributed by atoms with Gasteiger partial charge in [-0.2, -0.15) is 0 Å². The Bertz CT molecular complexity index is 321. The summed E-state index contributed by atoms with van der Waals surface area (Å²) in [7, 11) is 0. The van der Waals surface area contributed by atoms with Gasteiger partial charge in [-0.25, -0.2) is 0 Å². The average molecular weight is 205 g/mol. The van der Waals surface area contributed by atoms with Crippen LogP contribution in [0.2, 0.25) is 0 Å². The van der Waals surface area contributed by atoms with Crippen LogP contribution in [0.15, 0.2) is 0 Å². The van der Waals surface area contributed by atoms with Gasteiger partial charge in [-0.1, -0.05) is 13.8 Å². The van der Waals surface area contributed by atoms with Crippen molar-refractivity contribution >= 4 is 5.71 Å². The summed E-state index contributed by atoms with van der Waals surface area (Å²) in [5.41, 5.74) is 1.85. The summed E-state index contributed by atoms with van der Waals surface area (Å²) in [6, 6.07) is 0. The van der Waals surface area contributed by atoms with Gasteiger partial charge in [0, 0.05) is 11.1 Å². The van der Waals surface area contributed by atoms with E-state index in [1.54, 1.807) is 0 Å². The second-order valence-corrected chi connectivity index (χ2v) is 6.78. The van der Waals surface area contributed by atoms with Gasteiger partial charge in [-0.15, -0.1) is 0 Å². The zero-order valence-electron chi connectivity index (χ0n) is 10.3. The van der Waals surface area contributed by atoms with Crippen LogP contribution in [0.1, 0.15) is 52.9 Å². The molecule has 3 aliphatic rings. The van der Waals surface area contributed by atoms with Gasteiger partial charge in [0.1, 0.15) is 0 Å². The number of fused-ring (bicyclic) bond motifs is 1. The monoisotopic (exact) mass is 205 g/mol. The topological polar surface area (TPSA) is 23.9 Å². The lowest BCUT2D eigenvalue weighted by atomic mass is 9.66. The fourth-order valence-electron chi connectivity index (χ4n) is 5.38. The second-order valence-electron chi connectivity index (χ2n) is 6.78. The summed E-state index contributed by atoms with van der Waals surface area (Å²) in [5.74, 6) is 2.72.